The molecule has 5 nitrogen and oxygen atoms in total. The summed E-state index contributed by atoms with van der Waals surface area (Å²) in [7, 11) is -3.40. The summed E-state index contributed by atoms with van der Waals surface area (Å²) in [5.41, 5.74) is 3.32. The van der Waals surface area contributed by atoms with Crippen LogP contribution in [0.25, 0.3) is 0 Å². The number of hydrogen-bond acceptors (Lipinski definition) is 3. The second-order valence-corrected chi connectivity index (χ2v) is 8.00. The third-order valence-corrected chi connectivity index (χ3v) is 5.15. The second-order valence-electron chi connectivity index (χ2n) is 6.09. The highest BCUT2D eigenvalue weighted by atomic mass is 32.2. The molecule has 0 unspecified atom stereocenters. The van der Waals surface area contributed by atoms with Crippen LogP contribution in [-0.4, -0.2) is 27.1 Å². The van der Waals surface area contributed by atoms with Gasteiger partial charge in [-0.15, -0.1) is 0 Å². The van der Waals surface area contributed by atoms with E-state index < -0.39 is 10.0 Å². The largest absolute Gasteiger partial charge is 0.326 e. The van der Waals surface area contributed by atoms with Crippen molar-refractivity contribution < 1.29 is 13.2 Å². The first-order chi connectivity index (χ1) is 11.8. The molecule has 2 aromatic carbocycles. The number of carbonyl (C=O) groups is 1. The predicted molar refractivity (Wildman–Crippen MR) is 102 cm³/mol. The van der Waals surface area contributed by atoms with E-state index in [0.29, 0.717) is 12.1 Å². The molecule has 1 amide bonds. The van der Waals surface area contributed by atoms with E-state index in [-0.39, 0.29) is 18.9 Å². The zero-order chi connectivity index (χ0) is 18.4. The minimum absolute atomic E-state index is 0.118. The minimum Gasteiger partial charge on any atom is -0.326 e. The SMILES string of the molecule is Cc1ccccc1NC(=O)CCCN(c1ccccc1C)S(C)(=O)=O. The van der Waals surface area contributed by atoms with E-state index in [0.717, 1.165) is 16.8 Å². The number of para-hydroxylation sites is 2. The van der Waals surface area contributed by atoms with Crippen molar-refractivity contribution in [3.63, 3.8) is 0 Å². The summed E-state index contributed by atoms with van der Waals surface area (Å²) >= 11 is 0. The second kappa shape index (κ2) is 8.16. The van der Waals surface area contributed by atoms with Gasteiger partial charge in [0.1, 0.15) is 0 Å². The van der Waals surface area contributed by atoms with Crippen molar-refractivity contribution in [2.45, 2.75) is 26.7 Å². The quantitative estimate of drug-likeness (QED) is 0.822. The van der Waals surface area contributed by atoms with Crippen LogP contribution in [0.5, 0.6) is 0 Å². The first-order valence-corrected chi connectivity index (χ1v) is 10.0. The lowest BCUT2D eigenvalue weighted by Gasteiger charge is -2.24. The maximum atomic E-state index is 12.1. The molecule has 0 spiro atoms. The molecular weight excluding hydrogens is 336 g/mol. The van der Waals surface area contributed by atoms with Gasteiger partial charge in [0.15, 0.2) is 0 Å². The van der Waals surface area contributed by atoms with Crippen molar-refractivity contribution in [1.82, 2.24) is 0 Å². The van der Waals surface area contributed by atoms with Crippen LogP contribution in [0.4, 0.5) is 11.4 Å². The predicted octanol–water partition coefficient (Wildman–Crippen LogP) is 3.49. The van der Waals surface area contributed by atoms with Crippen LogP contribution in [0.3, 0.4) is 0 Å². The molecule has 0 fully saturated rings. The number of sulfonamides is 1. The number of aryl methyl sites for hydroxylation is 2. The fourth-order valence-corrected chi connectivity index (χ4v) is 3.64. The summed E-state index contributed by atoms with van der Waals surface area (Å²) in [6.45, 7) is 4.07. The van der Waals surface area contributed by atoms with E-state index in [1.54, 1.807) is 6.07 Å². The van der Waals surface area contributed by atoms with E-state index >= 15 is 0 Å². The molecule has 0 saturated carbocycles. The Balaban J connectivity index is 1.99. The van der Waals surface area contributed by atoms with Crippen molar-refractivity contribution in [3.05, 3.63) is 59.7 Å². The van der Waals surface area contributed by atoms with Gasteiger partial charge in [-0.3, -0.25) is 9.10 Å². The highest BCUT2D eigenvalue weighted by molar-refractivity contribution is 7.92. The third-order valence-electron chi connectivity index (χ3n) is 3.97. The first kappa shape index (κ1) is 19.0. The van der Waals surface area contributed by atoms with Gasteiger partial charge in [0.25, 0.3) is 0 Å². The Hall–Kier alpha value is -2.34. The summed E-state index contributed by atoms with van der Waals surface area (Å²) in [6, 6.07) is 14.9. The van der Waals surface area contributed by atoms with Gasteiger partial charge in [-0.05, 0) is 43.5 Å². The van der Waals surface area contributed by atoms with E-state index in [1.165, 1.54) is 10.6 Å². The summed E-state index contributed by atoms with van der Waals surface area (Å²) in [5.74, 6) is -0.118. The van der Waals surface area contributed by atoms with Crippen molar-refractivity contribution in [1.29, 1.82) is 0 Å². The van der Waals surface area contributed by atoms with Gasteiger partial charge in [0, 0.05) is 18.7 Å². The number of benzene rings is 2. The lowest BCUT2D eigenvalue weighted by molar-refractivity contribution is -0.116. The molecule has 0 bridgehead atoms. The molecule has 1 N–H and O–H groups in total. The number of hydrogen-bond donors (Lipinski definition) is 1. The molecule has 134 valence electrons. The van der Waals surface area contributed by atoms with Crippen LogP contribution >= 0.6 is 0 Å². The Morgan fingerprint density at radius 3 is 2.20 bits per heavy atom. The number of rotatable bonds is 7. The smallest absolute Gasteiger partial charge is 0.232 e. The number of amides is 1. The lowest BCUT2D eigenvalue weighted by atomic mass is 10.2. The van der Waals surface area contributed by atoms with Gasteiger partial charge in [-0.2, -0.15) is 0 Å². The van der Waals surface area contributed by atoms with Crippen molar-refractivity contribution >= 4 is 27.3 Å². The Morgan fingerprint density at radius 2 is 1.60 bits per heavy atom. The Bertz CT molecular complexity index is 847. The van der Waals surface area contributed by atoms with Crippen LogP contribution in [0.15, 0.2) is 48.5 Å². The molecular formula is C19H24N2O3S. The van der Waals surface area contributed by atoms with E-state index in [9.17, 15) is 13.2 Å². The summed E-state index contributed by atoms with van der Waals surface area (Å²) in [4.78, 5) is 12.1. The van der Waals surface area contributed by atoms with Crippen molar-refractivity contribution in [2.75, 3.05) is 22.4 Å². The van der Waals surface area contributed by atoms with Crippen LogP contribution in [-0.2, 0) is 14.8 Å². The van der Waals surface area contributed by atoms with Crippen LogP contribution in [0, 0.1) is 13.8 Å². The number of nitrogens with zero attached hydrogens (tertiary/aromatic N) is 1. The maximum absolute atomic E-state index is 12.1. The highest BCUT2D eigenvalue weighted by Crippen LogP contribution is 2.22. The summed E-state index contributed by atoms with van der Waals surface area (Å²) in [6.07, 6.45) is 1.89. The zero-order valence-electron chi connectivity index (χ0n) is 14.8. The molecule has 0 aliphatic rings. The fraction of sp³-hybridized carbons (Fsp3) is 0.316. The topological polar surface area (TPSA) is 66.5 Å². The Labute approximate surface area is 149 Å². The van der Waals surface area contributed by atoms with Gasteiger partial charge in [0.05, 0.1) is 11.9 Å². The molecule has 6 heteroatoms. The van der Waals surface area contributed by atoms with Gasteiger partial charge >= 0.3 is 0 Å². The lowest BCUT2D eigenvalue weighted by Crippen LogP contribution is -2.32. The minimum atomic E-state index is -3.40. The maximum Gasteiger partial charge on any atom is 0.232 e. The molecule has 0 aliphatic heterocycles. The normalized spacial score (nSPS) is 11.2. The number of carbonyl (C=O) groups excluding carboxylic acids is 1. The van der Waals surface area contributed by atoms with Gasteiger partial charge in [0.2, 0.25) is 15.9 Å². The molecule has 0 atom stereocenters. The highest BCUT2D eigenvalue weighted by Gasteiger charge is 2.19. The average molecular weight is 360 g/mol. The third kappa shape index (κ3) is 5.32. The van der Waals surface area contributed by atoms with Gasteiger partial charge < -0.3 is 5.32 Å². The first-order valence-electron chi connectivity index (χ1n) is 8.18. The molecule has 2 rings (SSSR count). The molecule has 0 heterocycles. The number of nitrogens with one attached hydrogen (secondary N) is 1. The molecule has 0 saturated heterocycles. The molecule has 0 aliphatic carbocycles. The van der Waals surface area contributed by atoms with E-state index in [2.05, 4.69) is 5.32 Å². The monoisotopic (exact) mass is 360 g/mol. The average Bonchev–Trinajstić information content (AvgIpc) is 2.54. The van der Waals surface area contributed by atoms with Crippen molar-refractivity contribution in [2.24, 2.45) is 0 Å². The number of anilines is 2. The Morgan fingerprint density at radius 1 is 1.00 bits per heavy atom. The molecule has 0 aromatic heterocycles. The van der Waals surface area contributed by atoms with Crippen LogP contribution < -0.4 is 9.62 Å². The van der Waals surface area contributed by atoms with Gasteiger partial charge in [-0.1, -0.05) is 36.4 Å². The summed E-state index contributed by atoms with van der Waals surface area (Å²) in [5, 5.41) is 2.87. The van der Waals surface area contributed by atoms with Crippen molar-refractivity contribution in [3.8, 4) is 0 Å². The van der Waals surface area contributed by atoms with E-state index in [1.807, 2.05) is 56.3 Å². The van der Waals surface area contributed by atoms with Gasteiger partial charge in [-0.25, -0.2) is 8.42 Å². The van der Waals surface area contributed by atoms with Crippen LogP contribution in [0.2, 0.25) is 0 Å². The standard InChI is InChI=1S/C19H24N2O3S/c1-15-9-4-6-11-17(15)20-19(22)13-8-14-21(25(3,23)24)18-12-7-5-10-16(18)2/h4-7,9-12H,8,13-14H2,1-3H3,(H,20,22). The molecule has 25 heavy (non-hydrogen) atoms. The summed E-state index contributed by atoms with van der Waals surface area (Å²) < 4.78 is 25.6. The van der Waals surface area contributed by atoms with E-state index in [4.69, 9.17) is 0 Å². The zero-order valence-corrected chi connectivity index (χ0v) is 15.6. The molecule has 0 radical (unpaired) electrons. The van der Waals surface area contributed by atoms with Crippen LogP contribution in [0.1, 0.15) is 24.0 Å². The Kier molecular flexibility index (Phi) is 6.20. The fourth-order valence-electron chi connectivity index (χ4n) is 2.62. The molecule has 2 aromatic rings.